The number of hydrogen-bond acceptors (Lipinski definition) is 1. The molecule has 0 amide bonds. The molecule has 0 heterocycles. The molecule has 14 heavy (non-hydrogen) atoms. The van der Waals surface area contributed by atoms with E-state index in [0.717, 1.165) is 17.3 Å². The fourth-order valence-electron chi connectivity index (χ4n) is 1.12. The van der Waals surface area contributed by atoms with Crippen LogP contribution in [0.4, 0.5) is 5.69 Å². The summed E-state index contributed by atoms with van der Waals surface area (Å²) in [6, 6.07) is 6.08. The van der Waals surface area contributed by atoms with Crippen molar-refractivity contribution in [3.05, 3.63) is 28.8 Å². The molecule has 0 aliphatic heterocycles. The smallest absolute Gasteiger partial charge is 0.0640 e. The highest BCUT2D eigenvalue weighted by Crippen LogP contribution is 2.24. The van der Waals surface area contributed by atoms with Gasteiger partial charge in [-0.3, -0.25) is 0 Å². The second-order valence-electron chi connectivity index (χ2n) is 4.90. The monoisotopic (exact) mass is 211 g/mol. The summed E-state index contributed by atoms with van der Waals surface area (Å²) >= 11 is 6.10. The first kappa shape index (κ1) is 11.4. The molecule has 2 heteroatoms. The Morgan fingerprint density at radius 3 is 2.43 bits per heavy atom. The molecule has 0 aliphatic carbocycles. The molecular weight excluding hydrogens is 194 g/mol. The van der Waals surface area contributed by atoms with Crippen LogP contribution in [0.1, 0.15) is 26.3 Å². The zero-order chi connectivity index (χ0) is 10.8. The van der Waals surface area contributed by atoms with Crippen molar-refractivity contribution in [2.24, 2.45) is 5.41 Å². The first-order valence-corrected chi connectivity index (χ1v) is 5.26. The standard InChI is InChI=1S/C12H18ClN/c1-9-5-6-11(10(13)7-9)14-8-12(2,3)4/h5-7,14H,8H2,1-4H3. The number of aryl methyl sites for hydroxylation is 1. The van der Waals surface area contributed by atoms with Crippen LogP contribution >= 0.6 is 11.6 Å². The molecule has 0 spiro atoms. The Hall–Kier alpha value is -0.690. The normalized spacial score (nSPS) is 11.5. The topological polar surface area (TPSA) is 12.0 Å². The van der Waals surface area contributed by atoms with E-state index in [1.54, 1.807) is 0 Å². The zero-order valence-electron chi connectivity index (χ0n) is 9.32. The van der Waals surface area contributed by atoms with Crippen molar-refractivity contribution in [3.63, 3.8) is 0 Å². The molecule has 0 saturated heterocycles. The van der Waals surface area contributed by atoms with E-state index in [4.69, 9.17) is 11.6 Å². The van der Waals surface area contributed by atoms with E-state index in [1.807, 2.05) is 19.1 Å². The van der Waals surface area contributed by atoms with Gasteiger partial charge < -0.3 is 5.32 Å². The lowest BCUT2D eigenvalue weighted by molar-refractivity contribution is 0.443. The Morgan fingerprint density at radius 1 is 1.29 bits per heavy atom. The molecule has 0 bridgehead atoms. The largest absolute Gasteiger partial charge is 0.383 e. The van der Waals surface area contributed by atoms with E-state index in [9.17, 15) is 0 Å². The Morgan fingerprint density at radius 2 is 1.93 bits per heavy atom. The molecule has 0 fully saturated rings. The van der Waals surface area contributed by atoms with Gasteiger partial charge >= 0.3 is 0 Å². The van der Waals surface area contributed by atoms with E-state index >= 15 is 0 Å². The summed E-state index contributed by atoms with van der Waals surface area (Å²) in [7, 11) is 0. The van der Waals surface area contributed by atoms with Gasteiger partial charge in [-0.1, -0.05) is 38.4 Å². The van der Waals surface area contributed by atoms with E-state index in [0.29, 0.717) is 0 Å². The van der Waals surface area contributed by atoms with Crippen LogP contribution in [0.5, 0.6) is 0 Å². The summed E-state index contributed by atoms with van der Waals surface area (Å²) < 4.78 is 0. The molecule has 0 atom stereocenters. The van der Waals surface area contributed by atoms with Crippen molar-refractivity contribution in [2.75, 3.05) is 11.9 Å². The van der Waals surface area contributed by atoms with E-state index in [1.165, 1.54) is 5.56 Å². The van der Waals surface area contributed by atoms with Crippen molar-refractivity contribution >= 4 is 17.3 Å². The third kappa shape index (κ3) is 3.59. The van der Waals surface area contributed by atoms with Gasteiger partial charge in [0.2, 0.25) is 0 Å². The fraction of sp³-hybridized carbons (Fsp3) is 0.500. The summed E-state index contributed by atoms with van der Waals surface area (Å²) in [5.41, 5.74) is 2.48. The molecule has 1 aromatic rings. The molecule has 1 rings (SSSR count). The van der Waals surface area contributed by atoms with Gasteiger partial charge in [0.25, 0.3) is 0 Å². The van der Waals surface area contributed by atoms with Gasteiger partial charge in [-0.25, -0.2) is 0 Å². The number of benzene rings is 1. The SMILES string of the molecule is Cc1ccc(NCC(C)(C)C)c(Cl)c1. The van der Waals surface area contributed by atoms with Crippen molar-refractivity contribution in [3.8, 4) is 0 Å². The average Bonchev–Trinajstić information content (AvgIpc) is 2.00. The maximum absolute atomic E-state index is 6.10. The zero-order valence-corrected chi connectivity index (χ0v) is 10.1. The summed E-state index contributed by atoms with van der Waals surface area (Å²) in [4.78, 5) is 0. The second-order valence-corrected chi connectivity index (χ2v) is 5.30. The number of rotatable bonds is 2. The van der Waals surface area contributed by atoms with Crippen molar-refractivity contribution in [1.29, 1.82) is 0 Å². The van der Waals surface area contributed by atoms with Gasteiger partial charge in [0.05, 0.1) is 10.7 Å². The minimum Gasteiger partial charge on any atom is -0.383 e. The predicted octanol–water partition coefficient (Wildman–Crippen LogP) is 4.11. The Bertz CT molecular complexity index is 313. The van der Waals surface area contributed by atoms with Crippen LogP contribution in [-0.2, 0) is 0 Å². The van der Waals surface area contributed by atoms with Gasteiger partial charge in [-0.2, -0.15) is 0 Å². The molecule has 0 aromatic heterocycles. The Balaban J connectivity index is 2.68. The van der Waals surface area contributed by atoms with Crippen LogP contribution in [0.25, 0.3) is 0 Å². The molecular formula is C12H18ClN. The number of hydrogen-bond donors (Lipinski definition) is 1. The molecule has 1 nitrogen and oxygen atoms in total. The van der Waals surface area contributed by atoms with Crippen molar-refractivity contribution in [2.45, 2.75) is 27.7 Å². The van der Waals surface area contributed by atoms with Crippen LogP contribution in [0, 0.1) is 12.3 Å². The van der Waals surface area contributed by atoms with Crippen LogP contribution < -0.4 is 5.32 Å². The lowest BCUT2D eigenvalue weighted by atomic mass is 9.97. The fourth-order valence-corrected chi connectivity index (χ4v) is 1.43. The summed E-state index contributed by atoms with van der Waals surface area (Å²) in [6.07, 6.45) is 0. The van der Waals surface area contributed by atoms with Gasteiger partial charge in [0, 0.05) is 6.54 Å². The maximum atomic E-state index is 6.10. The van der Waals surface area contributed by atoms with Gasteiger partial charge in [-0.05, 0) is 30.0 Å². The van der Waals surface area contributed by atoms with E-state index in [2.05, 4.69) is 32.2 Å². The van der Waals surface area contributed by atoms with Crippen molar-refractivity contribution in [1.82, 2.24) is 0 Å². The third-order valence-electron chi connectivity index (χ3n) is 1.93. The van der Waals surface area contributed by atoms with E-state index < -0.39 is 0 Å². The highest BCUT2D eigenvalue weighted by atomic mass is 35.5. The molecule has 1 N–H and O–H groups in total. The second kappa shape index (κ2) is 4.22. The van der Waals surface area contributed by atoms with Gasteiger partial charge in [-0.15, -0.1) is 0 Å². The average molecular weight is 212 g/mol. The third-order valence-corrected chi connectivity index (χ3v) is 2.25. The predicted molar refractivity (Wildman–Crippen MR) is 64.1 cm³/mol. The molecule has 1 aromatic carbocycles. The van der Waals surface area contributed by atoms with Crippen molar-refractivity contribution < 1.29 is 0 Å². The molecule has 0 aliphatic rings. The first-order chi connectivity index (χ1) is 6.38. The van der Waals surface area contributed by atoms with Gasteiger partial charge in [0.1, 0.15) is 0 Å². The maximum Gasteiger partial charge on any atom is 0.0640 e. The minimum atomic E-state index is 0.272. The summed E-state index contributed by atoms with van der Waals surface area (Å²) in [6.45, 7) is 9.56. The highest BCUT2D eigenvalue weighted by molar-refractivity contribution is 6.33. The number of nitrogens with one attached hydrogen (secondary N) is 1. The quantitative estimate of drug-likeness (QED) is 0.777. The van der Waals surface area contributed by atoms with E-state index in [-0.39, 0.29) is 5.41 Å². The number of halogens is 1. The lowest BCUT2D eigenvalue weighted by Crippen LogP contribution is -2.19. The molecule has 0 radical (unpaired) electrons. The molecule has 0 saturated carbocycles. The van der Waals surface area contributed by atoms with Crippen LogP contribution in [0.2, 0.25) is 5.02 Å². The summed E-state index contributed by atoms with van der Waals surface area (Å²) in [5.74, 6) is 0. The van der Waals surface area contributed by atoms with Crippen LogP contribution in [0.3, 0.4) is 0 Å². The Labute approximate surface area is 91.5 Å². The number of anilines is 1. The van der Waals surface area contributed by atoms with Crippen LogP contribution in [-0.4, -0.2) is 6.54 Å². The first-order valence-electron chi connectivity index (χ1n) is 4.88. The minimum absolute atomic E-state index is 0.272. The highest BCUT2D eigenvalue weighted by Gasteiger charge is 2.10. The summed E-state index contributed by atoms with van der Waals surface area (Å²) in [5, 5.41) is 4.15. The Kier molecular flexibility index (Phi) is 3.43. The molecule has 0 unspecified atom stereocenters. The van der Waals surface area contributed by atoms with Gasteiger partial charge in [0.15, 0.2) is 0 Å². The molecule has 78 valence electrons. The van der Waals surface area contributed by atoms with Crippen LogP contribution in [0.15, 0.2) is 18.2 Å². The lowest BCUT2D eigenvalue weighted by Gasteiger charge is -2.20.